The lowest BCUT2D eigenvalue weighted by atomic mass is 10.1. The van der Waals surface area contributed by atoms with Crippen LogP contribution in [0.25, 0.3) is 0 Å². The standard InChI is InChI=1S/C28H20N6O5/c1-15-21(11-29)25(35)33-27(37)23(15)13-31-17-3-7-19(8-4-17)39-20-9-5-18(6-10-20)32-14-24-16(2)22(12-30)26(36)34-28(24)38/h3-10,13-14H,1-2H3,(H2,33,35,37)(H2,34,36,38). The summed E-state index contributed by atoms with van der Waals surface area (Å²) in [6, 6.07) is 17.2. The molecule has 0 atom stereocenters. The molecule has 39 heavy (non-hydrogen) atoms. The molecule has 192 valence electrons. The number of aliphatic imine (C=N–C) groups is 2. The van der Waals surface area contributed by atoms with Crippen molar-refractivity contribution in [2.45, 2.75) is 13.8 Å². The summed E-state index contributed by atoms with van der Waals surface area (Å²) >= 11 is 0. The number of benzene rings is 2. The van der Waals surface area contributed by atoms with Gasteiger partial charge in [0, 0.05) is 12.4 Å². The van der Waals surface area contributed by atoms with Crippen LogP contribution in [0, 0.1) is 36.5 Å². The minimum Gasteiger partial charge on any atom is -0.494 e. The molecule has 0 aliphatic rings. The lowest BCUT2D eigenvalue weighted by Crippen LogP contribution is -2.14. The van der Waals surface area contributed by atoms with Crippen molar-refractivity contribution in [2.75, 3.05) is 0 Å². The quantitative estimate of drug-likeness (QED) is 0.275. The van der Waals surface area contributed by atoms with Crippen LogP contribution in [0.15, 0.2) is 68.1 Å². The smallest absolute Gasteiger partial charge is 0.268 e. The van der Waals surface area contributed by atoms with E-state index in [9.17, 15) is 19.8 Å². The molecule has 4 aromatic rings. The molecule has 0 aliphatic carbocycles. The van der Waals surface area contributed by atoms with Gasteiger partial charge in [0.25, 0.3) is 11.1 Å². The molecule has 0 spiro atoms. The van der Waals surface area contributed by atoms with E-state index in [0.29, 0.717) is 34.0 Å². The van der Waals surface area contributed by atoms with Crippen molar-refractivity contribution in [3.8, 4) is 35.4 Å². The van der Waals surface area contributed by atoms with Crippen LogP contribution in [0.4, 0.5) is 11.4 Å². The van der Waals surface area contributed by atoms with Gasteiger partial charge in [-0.25, -0.2) is 0 Å². The molecular weight excluding hydrogens is 500 g/mol. The van der Waals surface area contributed by atoms with E-state index in [1.807, 2.05) is 12.1 Å². The molecule has 0 saturated heterocycles. The van der Waals surface area contributed by atoms with Crippen molar-refractivity contribution in [2.24, 2.45) is 9.98 Å². The number of aromatic hydroxyl groups is 2. The topological polar surface area (TPSA) is 188 Å². The van der Waals surface area contributed by atoms with E-state index in [4.69, 9.17) is 15.3 Å². The van der Waals surface area contributed by atoms with Crippen molar-refractivity contribution >= 4 is 23.8 Å². The van der Waals surface area contributed by atoms with E-state index in [0.717, 1.165) is 0 Å². The van der Waals surface area contributed by atoms with Gasteiger partial charge >= 0.3 is 0 Å². The third kappa shape index (κ3) is 5.58. The van der Waals surface area contributed by atoms with Gasteiger partial charge in [0.2, 0.25) is 11.8 Å². The fourth-order valence-electron chi connectivity index (χ4n) is 3.64. The van der Waals surface area contributed by atoms with E-state index >= 15 is 0 Å². The lowest BCUT2D eigenvalue weighted by molar-refractivity contribution is 0.449. The van der Waals surface area contributed by atoms with Crippen LogP contribution in [0.1, 0.15) is 33.4 Å². The second-order valence-electron chi connectivity index (χ2n) is 8.26. The Labute approximate surface area is 221 Å². The summed E-state index contributed by atoms with van der Waals surface area (Å²) in [5.41, 5.74) is 0.732. The predicted molar refractivity (Wildman–Crippen MR) is 144 cm³/mol. The van der Waals surface area contributed by atoms with Crippen LogP contribution in [-0.4, -0.2) is 32.6 Å². The van der Waals surface area contributed by atoms with Gasteiger partial charge in [-0.3, -0.25) is 29.5 Å². The van der Waals surface area contributed by atoms with Crippen molar-refractivity contribution in [1.29, 1.82) is 10.5 Å². The molecule has 2 aromatic heterocycles. The van der Waals surface area contributed by atoms with Gasteiger partial charge in [-0.1, -0.05) is 0 Å². The Hall–Kier alpha value is -5.94. The Morgan fingerprint density at radius 2 is 1.08 bits per heavy atom. The minimum atomic E-state index is -0.664. The Kier molecular flexibility index (Phi) is 7.36. The zero-order valence-corrected chi connectivity index (χ0v) is 20.7. The van der Waals surface area contributed by atoms with Gasteiger partial charge in [0.1, 0.15) is 34.8 Å². The van der Waals surface area contributed by atoms with Crippen LogP contribution in [0.3, 0.4) is 0 Å². The second kappa shape index (κ2) is 11.0. The van der Waals surface area contributed by atoms with E-state index in [1.54, 1.807) is 62.4 Å². The summed E-state index contributed by atoms with van der Waals surface area (Å²) in [6.45, 7) is 3.11. The summed E-state index contributed by atoms with van der Waals surface area (Å²) in [6.07, 6.45) is 2.73. The number of rotatable bonds is 6. The van der Waals surface area contributed by atoms with Crippen LogP contribution >= 0.6 is 0 Å². The zero-order valence-electron chi connectivity index (χ0n) is 20.7. The van der Waals surface area contributed by atoms with Crippen LogP contribution in [0.2, 0.25) is 0 Å². The molecule has 0 bridgehead atoms. The first-order valence-corrected chi connectivity index (χ1v) is 11.4. The number of nitriles is 2. The predicted octanol–water partition coefficient (Wildman–Crippen LogP) is 4.13. The normalized spacial score (nSPS) is 11.0. The molecule has 0 saturated carbocycles. The number of nitrogens with zero attached hydrogens (tertiary/aromatic N) is 4. The number of nitrogens with one attached hydrogen (secondary N) is 2. The fourth-order valence-corrected chi connectivity index (χ4v) is 3.64. The number of pyridine rings is 2. The molecule has 2 aromatic carbocycles. The Bertz CT molecular complexity index is 1690. The SMILES string of the molecule is Cc1c(C=Nc2ccc(Oc3ccc(N=Cc4c(O)[nH]c(=O)c(C#N)c4C)cc3)cc2)c(O)[nH]c(=O)c1C#N. The van der Waals surface area contributed by atoms with Gasteiger partial charge in [-0.2, -0.15) is 10.5 Å². The van der Waals surface area contributed by atoms with Gasteiger partial charge in [0.15, 0.2) is 0 Å². The number of ether oxygens (including phenoxy) is 1. The molecule has 0 aliphatic heterocycles. The molecule has 2 heterocycles. The molecule has 0 fully saturated rings. The average Bonchev–Trinajstić information content (AvgIpc) is 2.90. The number of hydrogen-bond acceptors (Lipinski definition) is 9. The summed E-state index contributed by atoms with van der Waals surface area (Å²) in [5, 5.41) is 38.3. The molecule has 11 nitrogen and oxygen atoms in total. The van der Waals surface area contributed by atoms with E-state index in [1.165, 1.54) is 12.4 Å². The molecule has 11 heteroatoms. The highest BCUT2D eigenvalue weighted by molar-refractivity contribution is 5.88. The van der Waals surface area contributed by atoms with Crippen LogP contribution in [0.5, 0.6) is 23.3 Å². The molecule has 4 N–H and O–H groups in total. The second-order valence-corrected chi connectivity index (χ2v) is 8.26. The van der Waals surface area contributed by atoms with Gasteiger partial charge in [-0.05, 0) is 73.5 Å². The third-order valence-electron chi connectivity index (χ3n) is 5.80. The monoisotopic (exact) mass is 520 g/mol. The van der Waals surface area contributed by atoms with E-state index < -0.39 is 11.1 Å². The third-order valence-corrected chi connectivity index (χ3v) is 5.80. The first-order valence-electron chi connectivity index (χ1n) is 11.4. The average molecular weight is 521 g/mol. The highest BCUT2D eigenvalue weighted by atomic mass is 16.5. The maximum absolute atomic E-state index is 11.7. The summed E-state index contributed by atoms with van der Waals surface area (Å²) < 4.78 is 5.84. The summed E-state index contributed by atoms with van der Waals surface area (Å²) in [4.78, 5) is 36.5. The van der Waals surface area contributed by atoms with Crippen LogP contribution in [-0.2, 0) is 0 Å². The Morgan fingerprint density at radius 3 is 1.41 bits per heavy atom. The number of hydrogen-bond donors (Lipinski definition) is 4. The Balaban J connectivity index is 1.45. The van der Waals surface area contributed by atoms with Crippen molar-refractivity contribution < 1.29 is 14.9 Å². The fraction of sp³-hybridized carbons (Fsp3) is 0.0714. The van der Waals surface area contributed by atoms with Crippen molar-refractivity contribution in [3.63, 3.8) is 0 Å². The number of aromatic amines is 2. The molecule has 0 radical (unpaired) electrons. The highest BCUT2D eigenvalue weighted by Crippen LogP contribution is 2.27. The first-order chi connectivity index (χ1) is 18.7. The molecule has 0 amide bonds. The highest BCUT2D eigenvalue weighted by Gasteiger charge is 2.13. The number of aromatic nitrogens is 2. The summed E-state index contributed by atoms with van der Waals surface area (Å²) in [7, 11) is 0. The van der Waals surface area contributed by atoms with Gasteiger partial charge in [0.05, 0.1) is 22.5 Å². The maximum Gasteiger partial charge on any atom is 0.268 e. The van der Waals surface area contributed by atoms with Crippen LogP contribution < -0.4 is 15.9 Å². The van der Waals surface area contributed by atoms with Crippen molar-refractivity contribution in [1.82, 2.24) is 9.97 Å². The molecule has 4 rings (SSSR count). The number of H-pyrrole nitrogens is 2. The zero-order chi connectivity index (χ0) is 28.1. The van der Waals surface area contributed by atoms with Crippen molar-refractivity contribution in [3.05, 3.63) is 103 Å². The van der Waals surface area contributed by atoms with Gasteiger partial charge < -0.3 is 14.9 Å². The van der Waals surface area contributed by atoms with Gasteiger partial charge in [-0.15, -0.1) is 0 Å². The molecule has 0 unspecified atom stereocenters. The lowest BCUT2D eigenvalue weighted by Gasteiger charge is -2.07. The summed E-state index contributed by atoms with van der Waals surface area (Å²) in [5.74, 6) is 0.340. The largest absolute Gasteiger partial charge is 0.494 e. The minimum absolute atomic E-state index is 0.0903. The molecular formula is C28H20N6O5. The van der Waals surface area contributed by atoms with E-state index in [-0.39, 0.29) is 34.0 Å². The Morgan fingerprint density at radius 1 is 0.718 bits per heavy atom. The first kappa shape index (κ1) is 26.1. The van der Waals surface area contributed by atoms with E-state index in [2.05, 4.69) is 20.0 Å². The maximum atomic E-state index is 11.7.